The van der Waals surface area contributed by atoms with E-state index in [1.54, 1.807) is 24.3 Å². The summed E-state index contributed by atoms with van der Waals surface area (Å²) in [6.45, 7) is 2.50. The van der Waals surface area contributed by atoms with Gasteiger partial charge in [-0.2, -0.15) is 0 Å². The minimum atomic E-state index is -0.111. The molecular weight excluding hydrogens is 362 g/mol. The molecule has 3 aromatic rings. The fourth-order valence-electron chi connectivity index (χ4n) is 3.65. The second kappa shape index (κ2) is 6.85. The maximum absolute atomic E-state index is 13.2. The van der Waals surface area contributed by atoms with Crippen LogP contribution in [0.15, 0.2) is 45.8 Å². The molecule has 0 atom stereocenters. The number of ether oxygens (including phenoxy) is 3. The molecule has 0 bridgehead atoms. The van der Waals surface area contributed by atoms with Gasteiger partial charge in [-0.25, -0.2) is 0 Å². The van der Waals surface area contributed by atoms with Crippen LogP contribution in [0.1, 0.15) is 5.56 Å². The van der Waals surface area contributed by atoms with Crippen molar-refractivity contribution in [1.82, 2.24) is 4.90 Å². The molecule has 5 rings (SSSR count). The van der Waals surface area contributed by atoms with Crippen molar-refractivity contribution in [3.8, 4) is 28.4 Å². The zero-order chi connectivity index (χ0) is 19.1. The third-order valence-electron chi connectivity index (χ3n) is 5.06. The van der Waals surface area contributed by atoms with E-state index in [-0.39, 0.29) is 12.0 Å². The summed E-state index contributed by atoms with van der Waals surface area (Å²) in [4.78, 5) is 15.1. The first-order valence-corrected chi connectivity index (χ1v) is 9.18. The Labute approximate surface area is 160 Å². The molecule has 0 unspecified atom stereocenters. The van der Waals surface area contributed by atoms with E-state index >= 15 is 0 Å². The van der Waals surface area contributed by atoms with Crippen molar-refractivity contribution in [3.63, 3.8) is 0 Å². The van der Waals surface area contributed by atoms with Crippen LogP contribution in [0, 0.1) is 0 Å². The largest absolute Gasteiger partial charge is 0.486 e. The van der Waals surface area contributed by atoms with Crippen LogP contribution in [-0.4, -0.2) is 43.1 Å². The van der Waals surface area contributed by atoms with Gasteiger partial charge in [0.1, 0.15) is 37.5 Å². The summed E-state index contributed by atoms with van der Waals surface area (Å²) < 4.78 is 22.8. The van der Waals surface area contributed by atoms with Crippen LogP contribution >= 0.6 is 0 Å². The number of hydrogen-bond donors (Lipinski definition) is 1. The van der Waals surface area contributed by atoms with Gasteiger partial charge >= 0.3 is 0 Å². The second-order valence-corrected chi connectivity index (χ2v) is 6.81. The van der Waals surface area contributed by atoms with Gasteiger partial charge in [-0.1, -0.05) is 6.07 Å². The molecule has 7 nitrogen and oxygen atoms in total. The molecule has 0 spiro atoms. The first kappa shape index (κ1) is 17.1. The fourth-order valence-corrected chi connectivity index (χ4v) is 3.65. The Morgan fingerprint density at radius 1 is 1.00 bits per heavy atom. The summed E-state index contributed by atoms with van der Waals surface area (Å²) in [6.07, 6.45) is 1.49. The van der Waals surface area contributed by atoms with Gasteiger partial charge in [-0.15, -0.1) is 0 Å². The van der Waals surface area contributed by atoms with Crippen molar-refractivity contribution in [3.05, 3.63) is 52.4 Å². The maximum Gasteiger partial charge on any atom is 0.200 e. The number of rotatable bonds is 3. The summed E-state index contributed by atoms with van der Waals surface area (Å²) >= 11 is 0. The fraction of sp³-hybridized carbons (Fsp3) is 0.286. The highest BCUT2D eigenvalue weighted by molar-refractivity contribution is 5.86. The Balaban J connectivity index is 1.60. The highest BCUT2D eigenvalue weighted by atomic mass is 16.6. The molecule has 3 heterocycles. The molecule has 0 radical (unpaired) electrons. The summed E-state index contributed by atoms with van der Waals surface area (Å²) in [5.41, 5.74) is 2.42. The lowest BCUT2D eigenvalue weighted by molar-refractivity contribution is 0.0774. The molecular formula is C21H19NO6. The Morgan fingerprint density at radius 3 is 2.68 bits per heavy atom. The Bertz CT molecular complexity index is 1110. The standard InChI is InChI=1S/C21H19NO6/c23-6-5-22-10-15-17(28-12-22)4-2-14-20(24)16(11-27-21(14)15)13-1-3-18-19(9-13)26-8-7-25-18/h1-4,9,11,23H,5-8,10,12H2. The van der Waals surface area contributed by atoms with Gasteiger partial charge in [0.2, 0.25) is 5.43 Å². The summed E-state index contributed by atoms with van der Waals surface area (Å²) in [5, 5.41) is 9.68. The molecule has 0 amide bonds. The lowest BCUT2D eigenvalue weighted by Gasteiger charge is -2.28. The van der Waals surface area contributed by atoms with Crippen LogP contribution in [-0.2, 0) is 6.54 Å². The summed E-state index contributed by atoms with van der Waals surface area (Å²) in [6, 6.07) is 8.98. The molecule has 1 aromatic heterocycles. The van der Waals surface area contributed by atoms with Crippen LogP contribution in [0.2, 0.25) is 0 Å². The SMILES string of the molecule is O=c1c(-c2ccc3c(c2)OCCO3)coc2c3c(ccc12)OCN(CCO)C3. The van der Waals surface area contributed by atoms with Crippen molar-refractivity contribution < 1.29 is 23.7 Å². The number of hydrogen-bond acceptors (Lipinski definition) is 7. The van der Waals surface area contributed by atoms with E-state index in [2.05, 4.69) is 0 Å². The number of fused-ring (bicyclic) bond motifs is 4. The first-order valence-electron chi connectivity index (χ1n) is 9.18. The van der Waals surface area contributed by atoms with Crippen molar-refractivity contribution in [2.24, 2.45) is 0 Å². The van der Waals surface area contributed by atoms with E-state index in [1.807, 2.05) is 11.0 Å². The van der Waals surface area contributed by atoms with E-state index in [9.17, 15) is 9.90 Å². The summed E-state index contributed by atoms with van der Waals surface area (Å²) in [5.74, 6) is 2.01. The lowest BCUT2D eigenvalue weighted by Crippen LogP contribution is -2.34. The molecule has 2 aliphatic heterocycles. The van der Waals surface area contributed by atoms with E-state index in [0.29, 0.717) is 66.8 Å². The normalized spacial score (nSPS) is 15.9. The predicted molar refractivity (Wildman–Crippen MR) is 102 cm³/mol. The van der Waals surface area contributed by atoms with Gasteiger partial charge in [0.25, 0.3) is 0 Å². The Morgan fingerprint density at radius 2 is 1.82 bits per heavy atom. The second-order valence-electron chi connectivity index (χ2n) is 6.81. The molecule has 2 aromatic carbocycles. The van der Waals surface area contributed by atoms with Crippen molar-refractivity contribution in [2.75, 3.05) is 33.1 Å². The highest BCUT2D eigenvalue weighted by Gasteiger charge is 2.23. The van der Waals surface area contributed by atoms with Crippen molar-refractivity contribution in [2.45, 2.75) is 6.54 Å². The van der Waals surface area contributed by atoms with Crippen LogP contribution in [0.3, 0.4) is 0 Å². The van der Waals surface area contributed by atoms with E-state index in [1.165, 1.54) is 6.26 Å². The first-order chi connectivity index (χ1) is 13.7. The van der Waals surface area contributed by atoms with Crippen LogP contribution in [0.4, 0.5) is 0 Å². The molecule has 144 valence electrons. The monoisotopic (exact) mass is 381 g/mol. The van der Waals surface area contributed by atoms with Crippen LogP contribution < -0.4 is 19.6 Å². The average Bonchev–Trinajstić information content (AvgIpc) is 2.74. The number of benzene rings is 2. The topological polar surface area (TPSA) is 81.4 Å². The van der Waals surface area contributed by atoms with Crippen molar-refractivity contribution >= 4 is 11.0 Å². The molecule has 0 aliphatic carbocycles. The molecule has 0 fully saturated rings. The third kappa shape index (κ3) is 2.80. The molecule has 0 saturated heterocycles. The van der Waals surface area contributed by atoms with Gasteiger partial charge in [0, 0.05) is 13.1 Å². The van der Waals surface area contributed by atoms with Gasteiger partial charge < -0.3 is 23.7 Å². The van der Waals surface area contributed by atoms with Gasteiger partial charge in [-0.05, 0) is 29.8 Å². The quantitative estimate of drug-likeness (QED) is 0.746. The zero-order valence-corrected chi connectivity index (χ0v) is 15.1. The smallest absolute Gasteiger partial charge is 0.200 e. The van der Waals surface area contributed by atoms with E-state index < -0.39 is 0 Å². The van der Waals surface area contributed by atoms with Gasteiger partial charge in [0.15, 0.2) is 11.5 Å². The van der Waals surface area contributed by atoms with Crippen molar-refractivity contribution in [1.29, 1.82) is 0 Å². The molecule has 2 aliphatic rings. The van der Waals surface area contributed by atoms with Gasteiger partial charge in [0.05, 0.1) is 23.1 Å². The van der Waals surface area contributed by atoms with Crippen LogP contribution in [0.25, 0.3) is 22.1 Å². The minimum Gasteiger partial charge on any atom is -0.486 e. The number of aliphatic hydroxyl groups is 1. The number of β-amino-alcohol motifs (C(OH)–C–C–N with tert-alkyl or cyclic N) is 1. The highest BCUT2D eigenvalue weighted by Crippen LogP contribution is 2.35. The number of aliphatic hydroxyl groups excluding tert-OH is 1. The predicted octanol–water partition coefficient (Wildman–Crippen LogP) is 2.38. The lowest BCUT2D eigenvalue weighted by atomic mass is 10.0. The Kier molecular flexibility index (Phi) is 4.18. The minimum absolute atomic E-state index is 0.0433. The van der Waals surface area contributed by atoms with Gasteiger partial charge in [-0.3, -0.25) is 9.69 Å². The zero-order valence-electron chi connectivity index (χ0n) is 15.1. The Hall–Kier alpha value is -3.03. The third-order valence-corrected chi connectivity index (χ3v) is 5.06. The molecule has 28 heavy (non-hydrogen) atoms. The molecule has 0 saturated carbocycles. The number of nitrogens with zero attached hydrogens (tertiary/aromatic N) is 1. The van der Waals surface area contributed by atoms with Crippen LogP contribution in [0.5, 0.6) is 17.2 Å². The van der Waals surface area contributed by atoms with E-state index in [0.717, 1.165) is 11.1 Å². The van der Waals surface area contributed by atoms with E-state index in [4.69, 9.17) is 18.6 Å². The summed E-state index contributed by atoms with van der Waals surface area (Å²) in [7, 11) is 0. The molecule has 1 N–H and O–H groups in total. The maximum atomic E-state index is 13.2. The molecule has 7 heteroatoms. The average molecular weight is 381 g/mol.